The highest BCUT2D eigenvalue weighted by molar-refractivity contribution is 5.70. The fraction of sp³-hybridized carbons (Fsp3) is 0.391. The maximum absolute atomic E-state index is 12.2. The van der Waals surface area contributed by atoms with Crippen molar-refractivity contribution in [1.29, 1.82) is 0 Å². The summed E-state index contributed by atoms with van der Waals surface area (Å²) < 4.78 is 10.6. The van der Waals surface area contributed by atoms with E-state index < -0.39 is 6.09 Å². The second-order valence-corrected chi connectivity index (χ2v) is 7.29. The van der Waals surface area contributed by atoms with Gasteiger partial charge in [0.2, 0.25) is 0 Å². The number of benzene rings is 2. The summed E-state index contributed by atoms with van der Waals surface area (Å²) >= 11 is 0. The summed E-state index contributed by atoms with van der Waals surface area (Å²) in [6.45, 7) is 5.06. The van der Waals surface area contributed by atoms with E-state index in [-0.39, 0.29) is 31.5 Å². The number of nitrogens with one attached hydrogen (secondary N) is 1. The molecule has 2 rings (SSSR count). The number of carbonyl (C=O) groups is 2. The van der Waals surface area contributed by atoms with Crippen molar-refractivity contribution in [1.82, 2.24) is 5.32 Å². The Morgan fingerprint density at radius 3 is 1.93 bits per heavy atom. The first kappa shape index (κ1) is 21.5. The van der Waals surface area contributed by atoms with Crippen molar-refractivity contribution in [2.24, 2.45) is 11.8 Å². The van der Waals surface area contributed by atoms with E-state index in [1.165, 1.54) is 0 Å². The lowest BCUT2D eigenvalue weighted by molar-refractivity contribution is -0.146. The van der Waals surface area contributed by atoms with Gasteiger partial charge in [-0.25, -0.2) is 4.79 Å². The number of esters is 1. The molecule has 5 heteroatoms. The minimum Gasteiger partial charge on any atom is -0.461 e. The molecular weight excluding hydrogens is 354 g/mol. The van der Waals surface area contributed by atoms with Crippen LogP contribution >= 0.6 is 0 Å². The molecule has 150 valence electrons. The molecule has 0 aromatic heterocycles. The zero-order valence-corrected chi connectivity index (χ0v) is 16.6. The summed E-state index contributed by atoms with van der Waals surface area (Å²) in [5.41, 5.74) is 1.89. The topological polar surface area (TPSA) is 64.6 Å². The number of hydrogen-bond donors (Lipinski definition) is 1. The summed E-state index contributed by atoms with van der Waals surface area (Å²) in [4.78, 5) is 24.2. The van der Waals surface area contributed by atoms with Crippen LogP contribution in [-0.2, 0) is 27.5 Å². The van der Waals surface area contributed by atoms with Crippen LogP contribution in [0.2, 0.25) is 0 Å². The van der Waals surface area contributed by atoms with Crippen LogP contribution < -0.4 is 5.32 Å². The lowest BCUT2D eigenvalue weighted by atomic mass is 9.94. The maximum Gasteiger partial charge on any atom is 0.407 e. The Labute approximate surface area is 167 Å². The van der Waals surface area contributed by atoms with Gasteiger partial charge in [0, 0.05) is 6.54 Å². The first-order valence-corrected chi connectivity index (χ1v) is 9.67. The third-order valence-electron chi connectivity index (χ3n) is 4.25. The van der Waals surface area contributed by atoms with Crippen LogP contribution in [0.5, 0.6) is 0 Å². The zero-order chi connectivity index (χ0) is 20.2. The summed E-state index contributed by atoms with van der Waals surface area (Å²) in [7, 11) is 0. The van der Waals surface area contributed by atoms with Crippen molar-refractivity contribution >= 4 is 12.1 Å². The van der Waals surface area contributed by atoms with Crippen LogP contribution in [0.15, 0.2) is 60.7 Å². The molecule has 5 nitrogen and oxygen atoms in total. The van der Waals surface area contributed by atoms with E-state index in [9.17, 15) is 9.59 Å². The highest BCUT2D eigenvalue weighted by Gasteiger charge is 2.18. The van der Waals surface area contributed by atoms with E-state index in [1.54, 1.807) is 0 Å². The second kappa shape index (κ2) is 11.8. The molecule has 0 radical (unpaired) electrons. The Balaban J connectivity index is 1.75. The molecule has 0 unspecified atom stereocenters. The van der Waals surface area contributed by atoms with Gasteiger partial charge in [0.05, 0.1) is 6.42 Å². The van der Waals surface area contributed by atoms with Crippen molar-refractivity contribution in [3.05, 3.63) is 71.8 Å². The lowest BCUT2D eigenvalue weighted by Crippen LogP contribution is -2.31. The fourth-order valence-corrected chi connectivity index (χ4v) is 2.94. The third-order valence-corrected chi connectivity index (χ3v) is 4.25. The van der Waals surface area contributed by atoms with Gasteiger partial charge in [-0.15, -0.1) is 0 Å². The number of ether oxygens (including phenoxy) is 2. The predicted molar refractivity (Wildman–Crippen MR) is 108 cm³/mol. The maximum atomic E-state index is 12.2. The van der Waals surface area contributed by atoms with Gasteiger partial charge in [-0.2, -0.15) is 0 Å². The molecule has 0 aliphatic heterocycles. The summed E-state index contributed by atoms with van der Waals surface area (Å²) in [5, 5.41) is 2.77. The average Bonchev–Trinajstić information content (AvgIpc) is 2.70. The Morgan fingerprint density at radius 1 is 0.857 bits per heavy atom. The SMILES string of the molecule is CC(C)C[C@H](CNC(=O)OCc1ccccc1)CC(=O)OCc1ccccc1. The van der Waals surface area contributed by atoms with Crippen molar-refractivity contribution in [3.63, 3.8) is 0 Å². The monoisotopic (exact) mass is 383 g/mol. The Bertz CT molecular complexity index is 716. The molecule has 0 saturated carbocycles. The third kappa shape index (κ3) is 8.71. The highest BCUT2D eigenvalue weighted by Crippen LogP contribution is 2.16. The molecule has 1 atom stereocenters. The van der Waals surface area contributed by atoms with E-state index in [0.717, 1.165) is 17.5 Å². The number of hydrogen-bond acceptors (Lipinski definition) is 4. The summed E-state index contributed by atoms with van der Waals surface area (Å²) in [6, 6.07) is 19.1. The van der Waals surface area contributed by atoms with Gasteiger partial charge < -0.3 is 14.8 Å². The number of rotatable bonds is 10. The molecule has 0 aliphatic rings. The Kier molecular flexibility index (Phi) is 9.05. The largest absolute Gasteiger partial charge is 0.461 e. The molecule has 0 aliphatic carbocycles. The second-order valence-electron chi connectivity index (χ2n) is 7.29. The van der Waals surface area contributed by atoms with E-state index in [0.29, 0.717) is 12.5 Å². The predicted octanol–water partition coefficient (Wildman–Crippen LogP) is 4.71. The highest BCUT2D eigenvalue weighted by atomic mass is 16.5. The molecule has 1 amide bonds. The van der Waals surface area contributed by atoms with Crippen LogP contribution in [0.1, 0.15) is 37.8 Å². The van der Waals surface area contributed by atoms with Gasteiger partial charge in [-0.1, -0.05) is 74.5 Å². The molecular formula is C23H29NO4. The minimum atomic E-state index is -0.477. The van der Waals surface area contributed by atoms with Gasteiger partial charge >= 0.3 is 12.1 Å². The molecule has 1 N–H and O–H groups in total. The summed E-state index contributed by atoms with van der Waals surface area (Å²) in [5.74, 6) is 0.163. The quantitative estimate of drug-likeness (QED) is 0.604. The molecule has 2 aromatic rings. The zero-order valence-electron chi connectivity index (χ0n) is 16.6. The fourth-order valence-electron chi connectivity index (χ4n) is 2.94. The van der Waals surface area contributed by atoms with Gasteiger partial charge in [-0.3, -0.25) is 4.79 Å². The Morgan fingerprint density at radius 2 is 1.39 bits per heavy atom. The van der Waals surface area contributed by atoms with Crippen LogP contribution in [-0.4, -0.2) is 18.6 Å². The Hall–Kier alpha value is -2.82. The average molecular weight is 383 g/mol. The first-order chi connectivity index (χ1) is 13.5. The molecule has 28 heavy (non-hydrogen) atoms. The van der Waals surface area contributed by atoms with Crippen molar-refractivity contribution in [2.75, 3.05) is 6.54 Å². The standard InChI is InChI=1S/C23H29NO4/c1-18(2)13-21(14-22(25)27-16-19-9-5-3-6-10-19)15-24-23(26)28-17-20-11-7-4-8-12-20/h3-12,18,21H,13-17H2,1-2H3,(H,24,26)/t21-/m0/s1. The van der Waals surface area contributed by atoms with Crippen molar-refractivity contribution < 1.29 is 19.1 Å². The van der Waals surface area contributed by atoms with E-state index >= 15 is 0 Å². The van der Waals surface area contributed by atoms with Crippen molar-refractivity contribution in [3.8, 4) is 0 Å². The van der Waals surface area contributed by atoms with Crippen LogP contribution in [0, 0.1) is 11.8 Å². The molecule has 0 bridgehead atoms. The smallest absolute Gasteiger partial charge is 0.407 e. The van der Waals surface area contributed by atoms with Gasteiger partial charge in [0.15, 0.2) is 0 Å². The minimum absolute atomic E-state index is 0.00699. The van der Waals surface area contributed by atoms with E-state index in [1.807, 2.05) is 60.7 Å². The van der Waals surface area contributed by atoms with Crippen LogP contribution in [0.3, 0.4) is 0 Å². The summed E-state index contributed by atoms with van der Waals surface area (Å²) in [6.07, 6.45) is 0.610. The van der Waals surface area contributed by atoms with Crippen LogP contribution in [0.4, 0.5) is 4.79 Å². The van der Waals surface area contributed by atoms with Crippen LogP contribution in [0.25, 0.3) is 0 Å². The van der Waals surface area contributed by atoms with Gasteiger partial charge in [0.1, 0.15) is 13.2 Å². The molecule has 0 saturated heterocycles. The lowest BCUT2D eigenvalue weighted by Gasteiger charge is -2.19. The molecule has 0 heterocycles. The van der Waals surface area contributed by atoms with Gasteiger partial charge in [-0.05, 0) is 29.4 Å². The first-order valence-electron chi connectivity index (χ1n) is 9.67. The van der Waals surface area contributed by atoms with Crippen molar-refractivity contribution in [2.45, 2.75) is 39.9 Å². The normalized spacial score (nSPS) is 11.7. The number of amides is 1. The molecule has 2 aromatic carbocycles. The molecule has 0 fully saturated rings. The van der Waals surface area contributed by atoms with E-state index in [2.05, 4.69) is 19.2 Å². The number of alkyl carbamates (subject to hydrolysis) is 1. The van der Waals surface area contributed by atoms with Gasteiger partial charge in [0.25, 0.3) is 0 Å². The number of carbonyl (C=O) groups excluding carboxylic acids is 2. The van der Waals surface area contributed by atoms with E-state index in [4.69, 9.17) is 9.47 Å². The molecule has 0 spiro atoms.